The average molecular weight is 493 g/mol. The third kappa shape index (κ3) is 7.12. The monoisotopic (exact) mass is 492 g/mol. The van der Waals surface area contributed by atoms with E-state index < -0.39 is 7.82 Å². The number of aromatic amines is 1. The fraction of sp³-hybridized carbons (Fsp3) is 0.478. The summed E-state index contributed by atoms with van der Waals surface area (Å²) in [5, 5.41) is 0. The molecule has 8 nitrogen and oxygen atoms in total. The van der Waals surface area contributed by atoms with Gasteiger partial charge in [-0.25, -0.2) is 13.9 Å². The second-order valence-electron chi connectivity index (χ2n) is 8.33. The van der Waals surface area contributed by atoms with Crippen LogP contribution in [0.1, 0.15) is 37.4 Å². The number of phosphoric ester groups is 1. The van der Waals surface area contributed by atoms with Crippen LogP contribution in [0.15, 0.2) is 41.4 Å². The molecule has 1 aromatic carbocycles. The van der Waals surface area contributed by atoms with Crippen molar-refractivity contribution in [3.63, 3.8) is 0 Å². The van der Waals surface area contributed by atoms with Crippen LogP contribution in [0.4, 0.5) is 0 Å². The molecule has 0 spiro atoms. The molecule has 33 heavy (non-hydrogen) atoms. The van der Waals surface area contributed by atoms with Crippen LogP contribution in [0.2, 0.25) is 0 Å². The fourth-order valence-corrected chi connectivity index (χ4v) is 5.17. The Morgan fingerprint density at radius 2 is 1.85 bits per heavy atom. The molecule has 0 amide bonds. The number of nitrogens with one attached hydrogen (secondary N) is 1. The second kappa shape index (κ2) is 11.6. The molecule has 0 saturated heterocycles. The SMILES string of the molecule is COP(=O)(OC)OC[C@H](CC(C)C)N(C)Sc1ccc(Cc2nccc3[nH]c(C)nc23)cc1. The van der Waals surface area contributed by atoms with E-state index in [0.717, 1.165) is 40.3 Å². The summed E-state index contributed by atoms with van der Waals surface area (Å²) in [6, 6.07) is 10.4. The highest BCUT2D eigenvalue weighted by molar-refractivity contribution is 7.97. The van der Waals surface area contributed by atoms with Crippen LogP contribution in [0, 0.1) is 12.8 Å². The molecule has 0 radical (unpaired) electrons. The van der Waals surface area contributed by atoms with E-state index in [1.54, 1.807) is 11.9 Å². The zero-order valence-electron chi connectivity index (χ0n) is 20.1. The molecule has 0 bridgehead atoms. The minimum absolute atomic E-state index is 0.0398. The summed E-state index contributed by atoms with van der Waals surface area (Å²) in [4.78, 5) is 13.5. The second-order valence-corrected chi connectivity index (χ2v) is 11.4. The molecule has 2 aromatic heterocycles. The Balaban J connectivity index is 1.65. The number of pyridine rings is 1. The maximum absolute atomic E-state index is 12.3. The van der Waals surface area contributed by atoms with Crippen LogP contribution in [-0.2, 0) is 24.6 Å². The van der Waals surface area contributed by atoms with E-state index in [4.69, 9.17) is 13.6 Å². The smallest absolute Gasteiger partial charge is 0.342 e. The largest absolute Gasteiger partial charge is 0.474 e. The van der Waals surface area contributed by atoms with Crippen LogP contribution >= 0.6 is 19.8 Å². The van der Waals surface area contributed by atoms with Crippen molar-refractivity contribution in [1.29, 1.82) is 0 Å². The molecule has 0 saturated carbocycles. The highest BCUT2D eigenvalue weighted by atomic mass is 32.2. The van der Waals surface area contributed by atoms with Crippen molar-refractivity contribution < 1.29 is 18.1 Å². The van der Waals surface area contributed by atoms with E-state index in [-0.39, 0.29) is 12.6 Å². The maximum Gasteiger partial charge on any atom is 0.474 e. The molecule has 0 unspecified atom stereocenters. The lowest BCUT2D eigenvalue weighted by Gasteiger charge is -2.29. The number of H-pyrrole nitrogens is 1. The Hall–Kier alpha value is -1.74. The van der Waals surface area contributed by atoms with E-state index in [9.17, 15) is 4.57 Å². The van der Waals surface area contributed by atoms with Gasteiger partial charge in [-0.05, 0) is 62.0 Å². The summed E-state index contributed by atoms with van der Waals surface area (Å²) in [6.07, 6.45) is 3.42. The Kier molecular flexibility index (Phi) is 9.09. The Morgan fingerprint density at radius 1 is 1.15 bits per heavy atom. The zero-order valence-corrected chi connectivity index (χ0v) is 21.8. The quantitative estimate of drug-likeness (QED) is 0.257. The van der Waals surface area contributed by atoms with E-state index in [1.807, 2.05) is 26.2 Å². The van der Waals surface area contributed by atoms with Gasteiger partial charge >= 0.3 is 7.82 Å². The van der Waals surface area contributed by atoms with Crippen LogP contribution in [0.5, 0.6) is 0 Å². The number of hydrogen-bond donors (Lipinski definition) is 1. The molecule has 3 rings (SSSR count). The zero-order chi connectivity index (χ0) is 24.0. The average Bonchev–Trinajstić information content (AvgIpc) is 3.18. The molecule has 0 aliphatic carbocycles. The van der Waals surface area contributed by atoms with E-state index in [2.05, 4.69) is 57.4 Å². The number of nitrogens with zero attached hydrogens (tertiary/aromatic N) is 3. The van der Waals surface area contributed by atoms with Gasteiger partial charge in [-0.2, -0.15) is 0 Å². The lowest BCUT2D eigenvalue weighted by Crippen LogP contribution is -2.32. The molecule has 3 aromatic rings. The number of phosphoric acid groups is 1. The van der Waals surface area contributed by atoms with Crippen molar-refractivity contribution in [2.75, 3.05) is 27.9 Å². The predicted molar refractivity (Wildman–Crippen MR) is 132 cm³/mol. The Morgan fingerprint density at radius 3 is 2.48 bits per heavy atom. The molecular formula is C23H33N4O4PS. The highest BCUT2D eigenvalue weighted by Crippen LogP contribution is 2.48. The summed E-state index contributed by atoms with van der Waals surface area (Å²) >= 11 is 1.63. The van der Waals surface area contributed by atoms with Crippen molar-refractivity contribution in [1.82, 2.24) is 19.3 Å². The topological polar surface area (TPSA) is 89.6 Å². The molecule has 0 aliphatic rings. The summed E-state index contributed by atoms with van der Waals surface area (Å²) < 4.78 is 29.7. The fourth-order valence-electron chi connectivity index (χ4n) is 3.57. The Bertz CT molecular complexity index is 1080. The first-order valence-electron chi connectivity index (χ1n) is 10.9. The molecule has 0 fully saturated rings. The van der Waals surface area contributed by atoms with Gasteiger partial charge in [0.2, 0.25) is 0 Å². The minimum Gasteiger partial charge on any atom is -0.342 e. The third-order valence-electron chi connectivity index (χ3n) is 5.27. The number of fused-ring (bicyclic) bond motifs is 1. The maximum atomic E-state index is 12.3. The van der Waals surface area contributed by atoms with Gasteiger partial charge in [0.25, 0.3) is 0 Å². The summed E-state index contributed by atoms with van der Waals surface area (Å²) in [6.45, 7) is 6.51. The molecule has 2 heterocycles. The van der Waals surface area contributed by atoms with Gasteiger partial charge in [-0.1, -0.05) is 26.0 Å². The summed E-state index contributed by atoms with van der Waals surface area (Å²) in [5.41, 5.74) is 4.07. The van der Waals surface area contributed by atoms with Gasteiger partial charge in [0, 0.05) is 37.8 Å². The first-order valence-corrected chi connectivity index (χ1v) is 13.1. The van der Waals surface area contributed by atoms with Gasteiger partial charge in [0.15, 0.2) is 0 Å². The minimum atomic E-state index is -3.51. The van der Waals surface area contributed by atoms with E-state index in [1.165, 1.54) is 19.8 Å². The third-order valence-corrected chi connectivity index (χ3v) is 7.70. The van der Waals surface area contributed by atoms with Crippen LogP contribution in [-0.4, -0.2) is 53.2 Å². The van der Waals surface area contributed by atoms with Crippen molar-refractivity contribution in [3.8, 4) is 0 Å². The van der Waals surface area contributed by atoms with E-state index in [0.29, 0.717) is 5.92 Å². The molecular weight excluding hydrogens is 459 g/mol. The van der Waals surface area contributed by atoms with Crippen molar-refractivity contribution in [3.05, 3.63) is 53.6 Å². The molecule has 0 aliphatic heterocycles. The van der Waals surface area contributed by atoms with Crippen molar-refractivity contribution in [2.45, 2.75) is 44.6 Å². The van der Waals surface area contributed by atoms with Gasteiger partial charge in [0.1, 0.15) is 11.3 Å². The van der Waals surface area contributed by atoms with Gasteiger partial charge in [-0.15, -0.1) is 0 Å². The van der Waals surface area contributed by atoms with Gasteiger partial charge < -0.3 is 4.98 Å². The number of rotatable bonds is 12. The highest BCUT2D eigenvalue weighted by Gasteiger charge is 2.27. The standard InChI is InChI=1S/C23H33N4O4PS/c1-16(2)13-19(15-31-32(28,29-5)30-6)27(4)33-20-9-7-18(8-10-20)14-22-23-21(11-12-24-22)25-17(3)26-23/h7-12,16,19H,13-15H2,1-6H3,(H,25,26)/t19-/m0/s1. The number of aromatic nitrogens is 3. The number of aryl methyl sites for hydroxylation is 1. The number of likely N-dealkylation sites (N-methyl/N-ethyl adjacent to an activating group) is 1. The first kappa shape index (κ1) is 25.9. The van der Waals surface area contributed by atoms with Gasteiger partial charge in [0.05, 0.1) is 17.8 Å². The number of hydrogen-bond acceptors (Lipinski definition) is 8. The van der Waals surface area contributed by atoms with E-state index >= 15 is 0 Å². The summed E-state index contributed by atoms with van der Waals surface area (Å²) in [7, 11) is 1.16. The van der Waals surface area contributed by atoms with Gasteiger partial charge in [-0.3, -0.25) is 18.6 Å². The van der Waals surface area contributed by atoms with Crippen LogP contribution in [0.25, 0.3) is 11.0 Å². The normalized spacial score (nSPS) is 13.3. The summed E-state index contributed by atoms with van der Waals surface area (Å²) in [5.74, 6) is 1.34. The van der Waals surface area contributed by atoms with Crippen LogP contribution in [0.3, 0.4) is 0 Å². The van der Waals surface area contributed by atoms with Crippen molar-refractivity contribution in [2.24, 2.45) is 5.92 Å². The Labute approximate surface area is 200 Å². The lowest BCUT2D eigenvalue weighted by atomic mass is 10.1. The predicted octanol–water partition coefficient (Wildman–Crippen LogP) is 5.63. The number of benzene rings is 1. The lowest BCUT2D eigenvalue weighted by molar-refractivity contribution is 0.123. The molecule has 10 heteroatoms. The first-order chi connectivity index (χ1) is 15.7. The van der Waals surface area contributed by atoms with Crippen LogP contribution < -0.4 is 0 Å². The molecule has 1 N–H and O–H groups in total. The molecule has 180 valence electrons. The van der Waals surface area contributed by atoms with Crippen molar-refractivity contribution >= 4 is 30.8 Å². The number of imidazole rings is 1. The molecule has 1 atom stereocenters.